The van der Waals surface area contributed by atoms with Gasteiger partial charge >= 0.3 is 0 Å². The molecule has 0 spiro atoms. The molecule has 3 aromatic rings. The summed E-state index contributed by atoms with van der Waals surface area (Å²) >= 11 is 4.84. The molecular formula is C19H14BrN3OS. The highest BCUT2D eigenvalue weighted by Gasteiger charge is 2.09. The van der Waals surface area contributed by atoms with Crippen LogP contribution >= 0.6 is 27.3 Å². The first kappa shape index (κ1) is 17.2. The van der Waals surface area contributed by atoms with E-state index in [2.05, 4.69) is 32.3 Å². The molecule has 0 aliphatic carbocycles. The summed E-state index contributed by atoms with van der Waals surface area (Å²) in [5.41, 5.74) is 3.23. The number of hydrogen-bond donors (Lipinski definition) is 1. The van der Waals surface area contributed by atoms with E-state index in [1.165, 1.54) is 11.3 Å². The van der Waals surface area contributed by atoms with E-state index in [1.54, 1.807) is 13.3 Å². The van der Waals surface area contributed by atoms with E-state index in [4.69, 9.17) is 4.74 Å². The summed E-state index contributed by atoms with van der Waals surface area (Å²) in [5.74, 6) is 0.801. The van der Waals surface area contributed by atoms with Crippen molar-refractivity contribution in [2.24, 2.45) is 0 Å². The fraction of sp³-hybridized carbons (Fsp3) is 0.0526. The van der Waals surface area contributed by atoms with Gasteiger partial charge in [-0.05, 0) is 48.5 Å². The molecule has 2 aromatic carbocycles. The van der Waals surface area contributed by atoms with Gasteiger partial charge in [-0.1, -0.05) is 15.9 Å². The second-order valence-electron chi connectivity index (χ2n) is 5.09. The molecule has 0 amide bonds. The Balaban J connectivity index is 1.79. The van der Waals surface area contributed by atoms with E-state index >= 15 is 0 Å². The molecule has 0 atom stereocenters. The lowest BCUT2D eigenvalue weighted by Gasteiger charge is -2.02. The van der Waals surface area contributed by atoms with E-state index in [0.717, 1.165) is 27.2 Å². The summed E-state index contributed by atoms with van der Waals surface area (Å²) in [4.78, 5) is 4.57. The zero-order chi connectivity index (χ0) is 17.6. The van der Waals surface area contributed by atoms with Gasteiger partial charge in [0.15, 0.2) is 0 Å². The number of methoxy groups -OCH3 is 1. The maximum atomic E-state index is 9.43. The van der Waals surface area contributed by atoms with Gasteiger partial charge in [0.1, 0.15) is 22.4 Å². The Kier molecular flexibility index (Phi) is 5.49. The molecule has 0 aliphatic rings. The van der Waals surface area contributed by atoms with Gasteiger partial charge in [0.25, 0.3) is 0 Å². The fourth-order valence-electron chi connectivity index (χ4n) is 2.14. The second kappa shape index (κ2) is 7.97. The molecule has 4 nitrogen and oxygen atoms in total. The van der Waals surface area contributed by atoms with Crippen molar-refractivity contribution in [2.45, 2.75) is 0 Å². The third kappa shape index (κ3) is 4.27. The zero-order valence-electron chi connectivity index (χ0n) is 13.4. The van der Waals surface area contributed by atoms with Gasteiger partial charge in [-0.2, -0.15) is 5.26 Å². The first-order chi connectivity index (χ1) is 12.2. The minimum Gasteiger partial charge on any atom is -0.497 e. The minimum absolute atomic E-state index is 0.493. The molecule has 1 heterocycles. The van der Waals surface area contributed by atoms with Gasteiger partial charge in [-0.3, -0.25) is 0 Å². The van der Waals surface area contributed by atoms with Crippen molar-refractivity contribution in [1.82, 2.24) is 4.98 Å². The van der Waals surface area contributed by atoms with Crippen LogP contribution in [0.5, 0.6) is 5.75 Å². The Morgan fingerprint density at radius 3 is 2.56 bits per heavy atom. The number of nitrogens with zero attached hydrogens (tertiary/aromatic N) is 2. The van der Waals surface area contributed by atoms with Crippen molar-refractivity contribution in [2.75, 3.05) is 12.4 Å². The Morgan fingerprint density at radius 2 is 1.92 bits per heavy atom. The Hall–Kier alpha value is -2.62. The van der Waals surface area contributed by atoms with Gasteiger partial charge in [0, 0.05) is 27.3 Å². The van der Waals surface area contributed by atoms with Crippen LogP contribution in [0.1, 0.15) is 5.01 Å². The summed E-state index contributed by atoms with van der Waals surface area (Å²) in [5, 5.41) is 15.2. The highest BCUT2D eigenvalue weighted by Crippen LogP contribution is 2.27. The van der Waals surface area contributed by atoms with Crippen LogP contribution < -0.4 is 10.1 Å². The average Bonchev–Trinajstić information content (AvgIpc) is 3.14. The predicted molar refractivity (Wildman–Crippen MR) is 105 cm³/mol. The van der Waals surface area contributed by atoms with Crippen LogP contribution in [0.2, 0.25) is 0 Å². The first-order valence-corrected chi connectivity index (χ1v) is 9.09. The lowest BCUT2D eigenvalue weighted by molar-refractivity contribution is 0.415. The lowest BCUT2D eigenvalue weighted by Crippen LogP contribution is -1.91. The van der Waals surface area contributed by atoms with Crippen LogP contribution in [0.3, 0.4) is 0 Å². The van der Waals surface area contributed by atoms with Crippen LogP contribution in [0.4, 0.5) is 5.69 Å². The van der Waals surface area contributed by atoms with Crippen molar-refractivity contribution >= 4 is 38.5 Å². The number of halogens is 1. The van der Waals surface area contributed by atoms with Crippen LogP contribution in [0.15, 0.2) is 64.6 Å². The molecule has 0 saturated carbocycles. The van der Waals surface area contributed by atoms with Crippen molar-refractivity contribution in [3.05, 3.63) is 69.6 Å². The number of aromatic nitrogens is 1. The van der Waals surface area contributed by atoms with E-state index in [9.17, 15) is 5.26 Å². The maximum absolute atomic E-state index is 9.43. The van der Waals surface area contributed by atoms with E-state index in [0.29, 0.717) is 10.6 Å². The molecule has 25 heavy (non-hydrogen) atoms. The van der Waals surface area contributed by atoms with Gasteiger partial charge < -0.3 is 10.1 Å². The van der Waals surface area contributed by atoms with Crippen LogP contribution in [0, 0.1) is 11.3 Å². The minimum atomic E-state index is 0.493. The quantitative estimate of drug-likeness (QED) is 0.558. The first-order valence-electron chi connectivity index (χ1n) is 7.42. The van der Waals surface area contributed by atoms with E-state index in [1.807, 2.05) is 53.9 Å². The molecule has 0 bridgehead atoms. The highest BCUT2D eigenvalue weighted by atomic mass is 79.9. The van der Waals surface area contributed by atoms with Crippen LogP contribution in [0.25, 0.3) is 16.8 Å². The topological polar surface area (TPSA) is 57.9 Å². The monoisotopic (exact) mass is 411 g/mol. The second-order valence-corrected chi connectivity index (χ2v) is 6.86. The van der Waals surface area contributed by atoms with Gasteiger partial charge in [-0.25, -0.2) is 4.98 Å². The van der Waals surface area contributed by atoms with Gasteiger partial charge in [0.05, 0.1) is 12.8 Å². The average molecular weight is 412 g/mol. The molecular weight excluding hydrogens is 398 g/mol. The molecule has 1 aromatic heterocycles. The molecule has 3 rings (SSSR count). The van der Waals surface area contributed by atoms with Crippen molar-refractivity contribution < 1.29 is 4.74 Å². The summed E-state index contributed by atoms with van der Waals surface area (Å²) in [6.45, 7) is 0. The number of nitrogens with one attached hydrogen (secondary N) is 1. The third-order valence-corrected chi connectivity index (χ3v) is 4.87. The molecule has 124 valence electrons. The fourth-order valence-corrected chi connectivity index (χ4v) is 3.19. The number of ether oxygens (including phenoxy) is 1. The van der Waals surface area contributed by atoms with Gasteiger partial charge in [0.2, 0.25) is 0 Å². The smallest absolute Gasteiger partial charge is 0.136 e. The number of rotatable bonds is 5. The molecule has 0 aliphatic heterocycles. The molecule has 0 saturated heterocycles. The van der Waals surface area contributed by atoms with Crippen LogP contribution in [-0.4, -0.2) is 12.1 Å². The molecule has 6 heteroatoms. The lowest BCUT2D eigenvalue weighted by atomic mass is 10.2. The SMILES string of the molecule is COc1ccc(-c2csc(/C(C#N)=C\Nc3ccc(Br)cc3)n2)cc1. The van der Waals surface area contributed by atoms with Crippen molar-refractivity contribution in [1.29, 1.82) is 5.26 Å². The third-order valence-electron chi connectivity index (χ3n) is 3.47. The van der Waals surface area contributed by atoms with Crippen molar-refractivity contribution in [3.63, 3.8) is 0 Å². The number of hydrogen-bond acceptors (Lipinski definition) is 5. The van der Waals surface area contributed by atoms with Crippen molar-refractivity contribution in [3.8, 4) is 23.1 Å². The summed E-state index contributed by atoms with van der Waals surface area (Å²) in [6, 6.07) is 17.6. The number of allylic oxidation sites excluding steroid dienone is 1. The predicted octanol–water partition coefficient (Wildman–Crippen LogP) is 5.56. The number of thiazole rings is 1. The zero-order valence-corrected chi connectivity index (χ0v) is 15.8. The summed E-state index contributed by atoms with van der Waals surface area (Å²) in [6.07, 6.45) is 1.68. The summed E-state index contributed by atoms with van der Waals surface area (Å²) in [7, 11) is 1.64. The molecule has 0 radical (unpaired) electrons. The maximum Gasteiger partial charge on any atom is 0.136 e. The number of anilines is 1. The largest absolute Gasteiger partial charge is 0.497 e. The Morgan fingerprint density at radius 1 is 1.20 bits per heavy atom. The number of benzene rings is 2. The van der Waals surface area contributed by atoms with Crippen LogP contribution in [-0.2, 0) is 0 Å². The Labute approximate surface area is 158 Å². The van der Waals surface area contributed by atoms with E-state index in [-0.39, 0.29) is 0 Å². The van der Waals surface area contributed by atoms with E-state index < -0.39 is 0 Å². The standard InChI is InChI=1S/C19H14BrN3OS/c1-24-17-8-2-13(3-9-17)18-12-25-19(23-18)14(10-21)11-22-16-6-4-15(20)5-7-16/h2-9,11-12,22H,1H3/b14-11-. The normalized spacial score (nSPS) is 11.0. The molecule has 1 N–H and O–H groups in total. The molecule has 0 fully saturated rings. The number of nitriles is 1. The van der Waals surface area contributed by atoms with Gasteiger partial charge in [-0.15, -0.1) is 11.3 Å². The summed E-state index contributed by atoms with van der Waals surface area (Å²) < 4.78 is 6.17. The highest BCUT2D eigenvalue weighted by molar-refractivity contribution is 9.10. The molecule has 0 unspecified atom stereocenters. The Bertz CT molecular complexity index is 925.